The van der Waals surface area contributed by atoms with Crippen LogP contribution in [0.2, 0.25) is 0 Å². The number of pyridine rings is 1. The number of carbonyl (C=O) groups is 2. The van der Waals surface area contributed by atoms with E-state index in [9.17, 15) is 18.4 Å². The van der Waals surface area contributed by atoms with Crippen LogP contribution in [-0.2, 0) is 4.79 Å². The number of ether oxygens (including phenoxy) is 2. The van der Waals surface area contributed by atoms with Gasteiger partial charge in [0.1, 0.15) is 5.75 Å². The number of hydrogen-bond donors (Lipinski definition) is 2. The maximum Gasteiger partial charge on any atom is 0.329 e. The first kappa shape index (κ1) is 20.8. The molecule has 3 rings (SSSR count). The Hall–Kier alpha value is -2.97. The molecule has 3 N–H and O–H groups in total. The maximum atomic E-state index is 13.7. The summed E-state index contributed by atoms with van der Waals surface area (Å²) in [7, 11) is 0. The molecule has 0 spiro atoms. The largest absolute Gasteiger partial charge is 0.490 e. The number of nitrogens with zero attached hydrogens (tertiary/aromatic N) is 1. The number of fused-ring (bicyclic) bond motifs is 1. The van der Waals surface area contributed by atoms with Gasteiger partial charge in [0.05, 0.1) is 18.3 Å². The summed E-state index contributed by atoms with van der Waals surface area (Å²) in [6.07, 6.45) is 1.54. The molecule has 0 bridgehead atoms. The van der Waals surface area contributed by atoms with Crippen LogP contribution in [0.15, 0.2) is 24.4 Å². The van der Waals surface area contributed by atoms with Gasteiger partial charge in [-0.05, 0) is 37.4 Å². The van der Waals surface area contributed by atoms with Gasteiger partial charge in [-0.3, -0.25) is 9.59 Å². The molecular formula is C20H23F2N3O4. The fourth-order valence-corrected chi connectivity index (χ4v) is 3.29. The third-order valence-corrected chi connectivity index (χ3v) is 4.92. The van der Waals surface area contributed by atoms with Crippen molar-refractivity contribution in [1.82, 2.24) is 10.3 Å². The number of halogens is 2. The van der Waals surface area contributed by atoms with Gasteiger partial charge in [0.15, 0.2) is 0 Å². The SMILES string of the molecule is CC(C)Oc1cc2c(OCC[C@H]3NC(=O)C(F)(F)[C@H]3C)nccc2cc1C(N)=O. The first-order chi connectivity index (χ1) is 13.6. The van der Waals surface area contributed by atoms with E-state index in [-0.39, 0.29) is 30.6 Å². The first-order valence-electron chi connectivity index (χ1n) is 9.32. The Balaban J connectivity index is 1.81. The summed E-state index contributed by atoms with van der Waals surface area (Å²) in [6.45, 7) is 5.06. The standard InChI is InChI=1S/C20H23F2N3O4/c1-10(2)29-16-9-13-12(8-14(16)17(23)26)4-6-24-18(13)28-7-5-15-11(3)20(21,22)19(27)25-15/h4,6,8-11,15H,5,7H2,1-3H3,(H2,23,26)(H,25,27)/t11-,15+/m0/s1. The highest BCUT2D eigenvalue weighted by molar-refractivity contribution is 6.01. The van der Waals surface area contributed by atoms with E-state index in [4.69, 9.17) is 15.2 Å². The Kier molecular flexibility index (Phi) is 5.59. The molecule has 2 heterocycles. The zero-order valence-corrected chi connectivity index (χ0v) is 16.4. The molecule has 1 aromatic carbocycles. The van der Waals surface area contributed by atoms with Crippen LogP contribution < -0.4 is 20.5 Å². The van der Waals surface area contributed by atoms with E-state index in [0.717, 1.165) is 0 Å². The molecule has 0 radical (unpaired) electrons. The number of aromatic nitrogens is 1. The number of amides is 2. The average Bonchev–Trinajstić information content (AvgIpc) is 2.83. The third kappa shape index (κ3) is 4.08. The van der Waals surface area contributed by atoms with Crippen molar-refractivity contribution in [2.24, 2.45) is 11.7 Å². The number of carbonyl (C=O) groups excluding carboxylic acids is 2. The molecule has 1 saturated heterocycles. The van der Waals surface area contributed by atoms with Crippen molar-refractivity contribution in [2.75, 3.05) is 6.61 Å². The molecule has 0 aliphatic carbocycles. The van der Waals surface area contributed by atoms with Crippen molar-refractivity contribution < 1.29 is 27.8 Å². The van der Waals surface area contributed by atoms with E-state index in [1.165, 1.54) is 13.1 Å². The Morgan fingerprint density at radius 1 is 1.38 bits per heavy atom. The number of primary amides is 1. The van der Waals surface area contributed by atoms with Crippen LogP contribution in [0.25, 0.3) is 10.8 Å². The molecule has 29 heavy (non-hydrogen) atoms. The van der Waals surface area contributed by atoms with Crippen LogP contribution in [0.1, 0.15) is 37.6 Å². The molecule has 9 heteroatoms. The Bertz CT molecular complexity index is 949. The summed E-state index contributed by atoms with van der Waals surface area (Å²) in [5, 5.41) is 3.58. The minimum Gasteiger partial charge on any atom is -0.490 e. The molecule has 0 saturated carbocycles. The van der Waals surface area contributed by atoms with Crippen molar-refractivity contribution >= 4 is 22.6 Å². The lowest BCUT2D eigenvalue weighted by atomic mass is 9.98. The van der Waals surface area contributed by atoms with E-state index >= 15 is 0 Å². The van der Waals surface area contributed by atoms with Gasteiger partial charge in [-0.1, -0.05) is 6.92 Å². The van der Waals surface area contributed by atoms with Crippen LogP contribution in [0.4, 0.5) is 8.78 Å². The predicted molar refractivity (Wildman–Crippen MR) is 102 cm³/mol. The minimum atomic E-state index is -3.38. The van der Waals surface area contributed by atoms with Gasteiger partial charge in [0.2, 0.25) is 5.88 Å². The smallest absolute Gasteiger partial charge is 0.329 e. The molecule has 0 unspecified atom stereocenters. The second kappa shape index (κ2) is 7.81. The Morgan fingerprint density at radius 3 is 2.69 bits per heavy atom. The van der Waals surface area contributed by atoms with Crippen LogP contribution in [0.3, 0.4) is 0 Å². The maximum absolute atomic E-state index is 13.7. The fraction of sp³-hybridized carbons (Fsp3) is 0.450. The van der Waals surface area contributed by atoms with Crippen LogP contribution in [0, 0.1) is 5.92 Å². The zero-order valence-electron chi connectivity index (χ0n) is 16.4. The highest BCUT2D eigenvalue weighted by atomic mass is 19.3. The summed E-state index contributed by atoms with van der Waals surface area (Å²) < 4.78 is 38.8. The molecule has 2 aromatic rings. The Morgan fingerprint density at radius 2 is 2.10 bits per heavy atom. The summed E-state index contributed by atoms with van der Waals surface area (Å²) in [5.74, 6) is -5.79. The Labute approximate surface area is 166 Å². The number of nitrogens with two attached hydrogens (primary N) is 1. The molecule has 2 atom stereocenters. The molecule has 156 valence electrons. The zero-order chi connectivity index (χ0) is 21.3. The van der Waals surface area contributed by atoms with E-state index in [1.807, 2.05) is 13.8 Å². The summed E-state index contributed by atoms with van der Waals surface area (Å²) >= 11 is 0. The monoisotopic (exact) mass is 407 g/mol. The number of benzene rings is 1. The predicted octanol–water partition coefficient (Wildman–Crippen LogP) is 2.66. The van der Waals surface area contributed by atoms with E-state index in [0.29, 0.717) is 16.5 Å². The molecule has 2 amide bonds. The van der Waals surface area contributed by atoms with Crippen LogP contribution >= 0.6 is 0 Å². The minimum absolute atomic E-state index is 0.0788. The first-order valence-corrected chi connectivity index (χ1v) is 9.32. The van der Waals surface area contributed by atoms with Crippen LogP contribution in [-0.4, -0.2) is 41.5 Å². The number of hydrogen-bond acceptors (Lipinski definition) is 5. The number of alkyl halides is 2. The van der Waals surface area contributed by atoms with Gasteiger partial charge in [-0.2, -0.15) is 8.78 Å². The highest BCUT2D eigenvalue weighted by Crippen LogP contribution is 2.35. The lowest BCUT2D eigenvalue weighted by Crippen LogP contribution is -2.31. The lowest BCUT2D eigenvalue weighted by Gasteiger charge is -2.18. The van der Waals surface area contributed by atoms with Gasteiger partial charge in [-0.25, -0.2) is 4.98 Å². The van der Waals surface area contributed by atoms with Crippen LogP contribution in [0.5, 0.6) is 11.6 Å². The van der Waals surface area contributed by atoms with Crippen molar-refractivity contribution in [3.8, 4) is 11.6 Å². The molecule has 1 aliphatic rings. The summed E-state index contributed by atoms with van der Waals surface area (Å²) in [5.41, 5.74) is 5.70. The molecule has 1 aliphatic heterocycles. The van der Waals surface area contributed by atoms with Crippen molar-refractivity contribution in [3.63, 3.8) is 0 Å². The fourth-order valence-electron chi connectivity index (χ4n) is 3.29. The average molecular weight is 407 g/mol. The van der Waals surface area contributed by atoms with Crippen molar-refractivity contribution in [2.45, 2.75) is 45.3 Å². The second-order valence-electron chi connectivity index (χ2n) is 7.35. The van der Waals surface area contributed by atoms with Gasteiger partial charge < -0.3 is 20.5 Å². The van der Waals surface area contributed by atoms with Crippen molar-refractivity contribution in [3.05, 3.63) is 30.0 Å². The third-order valence-electron chi connectivity index (χ3n) is 4.92. The quantitative estimate of drug-likeness (QED) is 0.734. The lowest BCUT2D eigenvalue weighted by molar-refractivity contribution is -0.143. The topological polar surface area (TPSA) is 104 Å². The van der Waals surface area contributed by atoms with E-state index in [1.54, 1.807) is 18.2 Å². The normalized spacial score (nSPS) is 20.7. The molecule has 7 nitrogen and oxygen atoms in total. The van der Waals surface area contributed by atoms with Gasteiger partial charge in [0, 0.05) is 30.0 Å². The summed E-state index contributed by atoms with van der Waals surface area (Å²) in [6, 6.07) is 4.25. The number of rotatable bonds is 7. The van der Waals surface area contributed by atoms with Gasteiger partial charge in [-0.15, -0.1) is 0 Å². The molecular weight excluding hydrogens is 384 g/mol. The van der Waals surface area contributed by atoms with Gasteiger partial charge in [0.25, 0.3) is 11.8 Å². The molecule has 1 aromatic heterocycles. The second-order valence-corrected chi connectivity index (χ2v) is 7.35. The molecule has 1 fully saturated rings. The van der Waals surface area contributed by atoms with Gasteiger partial charge >= 0.3 is 5.92 Å². The highest BCUT2D eigenvalue weighted by Gasteiger charge is 2.54. The van der Waals surface area contributed by atoms with E-state index < -0.39 is 29.7 Å². The van der Waals surface area contributed by atoms with Crippen molar-refractivity contribution in [1.29, 1.82) is 0 Å². The van der Waals surface area contributed by atoms with E-state index in [2.05, 4.69) is 10.3 Å². The number of nitrogens with one attached hydrogen (secondary N) is 1. The summed E-state index contributed by atoms with van der Waals surface area (Å²) in [4.78, 5) is 27.3.